The molecule has 0 amide bonds. The number of nitrogens with one attached hydrogen (secondary N) is 1. The Morgan fingerprint density at radius 2 is 2.39 bits per heavy atom. The van der Waals surface area contributed by atoms with Crippen molar-refractivity contribution in [1.82, 2.24) is 0 Å². The van der Waals surface area contributed by atoms with Crippen molar-refractivity contribution in [3.05, 3.63) is 29.6 Å². The van der Waals surface area contributed by atoms with E-state index >= 15 is 0 Å². The molecule has 0 radical (unpaired) electrons. The van der Waals surface area contributed by atoms with Crippen LogP contribution in [0.4, 0.5) is 10.1 Å². The molecule has 0 spiro atoms. The zero-order valence-electron chi connectivity index (χ0n) is 9.81. The molecule has 96 valence electrons. The van der Waals surface area contributed by atoms with E-state index in [1.54, 1.807) is 0 Å². The molecule has 0 fully saturated rings. The molecular weight excluding hydrogens is 239 g/mol. The van der Waals surface area contributed by atoms with E-state index in [9.17, 15) is 9.18 Å². The normalized spacial score (nSPS) is 11.6. The van der Waals surface area contributed by atoms with Gasteiger partial charge in [0.2, 0.25) is 0 Å². The summed E-state index contributed by atoms with van der Waals surface area (Å²) in [5.41, 5.74) is 0.438. The fourth-order valence-electron chi connectivity index (χ4n) is 1.39. The summed E-state index contributed by atoms with van der Waals surface area (Å²) >= 11 is 0. The molecule has 1 aromatic rings. The van der Waals surface area contributed by atoms with Gasteiger partial charge in [-0.15, -0.1) is 0 Å². The number of methoxy groups -OCH3 is 1. The Morgan fingerprint density at radius 3 is 2.89 bits per heavy atom. The number of anilines is 1. The van der Waals surface area contributed by atoms with Crippen molar-refractivity contribution in [2.24, 2.45) is 0 Å². The van der Waals surface area contributed by atoms with Crippen molar-refractivity contribution in [3.63, 3.8) is 0 Å². The van der Waals surface area contributed by atoms with Crippen LogP contribution in [0.2, 0.25) is 0 Å². The van der Waals surface area contributed by atoms with Crippen LogP contribution in [0.15, 0.2) is 18.2 Å². The molecule has 0 aromatic heterocycles. The molecule has 1 aromatic carbocycles. The van der Waals surface area contributed by atoms with Crippen molar-refractivity contribution in [1.29, 1.82) is 5.26 Å². The maximum Gasteiger partial charge on any atom is 0.306 e. The first kappa shape index (κ1) is 13.9. The number of nitriles is 1. The Kier molecular flexibility index (Phi) is 5.08. The van der Waals surface area contributed by atoms with E-state index in [2.05, 4.69) is 5.32 Å². The first-order chi connectivity index (χ1) is 8.56. The van der Waals surface area contributed by atoms with Crippen molar-refractivity contribution >= 4 is 11.7 Å². The minimum absolute atomic E-state index is 0.165. The van der Waals surface area contributed by atoms with Gasteiger partial charge < -0.3 is 15.2 Å². The van der Waals surface area contributed by atoms with Crippen molar-refractivity contribution < 1.29 is 19.0 Å². The summed E-state index contributed by atoms with van der Waals surface area (Å²) in [6.07, 6.45) is -0.709. The van der Waals surface area contributed by atoms with Gasteiger partial charge in [0.25, 0.3) is 0 Å². The molecule has 0 aliphatic heterocycles. The maximum absolute atomic E-state index is 13.5. The smallest absolute Gasteiger partial charge is 0.306 e. The van der Waals surface area contributed by atoms with E-state index in [0.717, 1.165) is 6.07 Å². The van der Waals surface area contributed by atoms with Crippen LogP contribution in [-0.2, 0) is 9.53 Å². The zero-order valence-corrected chi connectivity index (χ0v) is 9.81. The van der Waals surface area contributed by atoms with Gasteiger partial charge in [0, 0.05) is 13.7 Å². The third kappa shape index (κ3) is 4.03. The Hall–Kier alpha value is -2.13. The largest absolute Gasteiger partial charge is 0.481 e. The minimum Gasteiger partial charge on any atom is -0.481 e. The lowest BCUT2D eigenvalue weighted by Crippen LogP contribution is -2.25. The van der Waals surface area contributed by atoms with Crippen LogP contribution >= 0.6 is 0 Å². The lowest BCUT2D eigenvalue weighted by Gasteiger charge is -2.15. The van der Waals surface area contributed by atoms with Gasteiger partial charge in [0.15, 0.2) is 0 Å². The van der Waals surface area contributed by atoms with E-state index in [1.165, 1.54) is 19.2 Å². The zero-order chi connectivity index (χ0) is 13.5. The lowest BCUT2D eigenvalue weighted by molar-refractivity contribution is -0.139. The highest BCUT2D eigenvalue weighted by molar-refractivity contribution is 5.67. The van der Waals surface area contributed by atoms with E-state index < -0.39 is 17.9 Å². The van der Waals surface area contributed by atoms with Gasteiger partial charge in [-0.1, -0.05) is 0 Å². The number of carboxylic acid groups (broad SMARTS) is 1. The number of rotatable bonds is 6. The van der Waals surface area contributed by atoms with Gasteiger partial charge in [0.1, 0.15) is 5.82 Å². The summed E-state index contributed by atoms with van der Waals surface area (Å²) in [6.45, 7) is 0.172. The Balaban J connectivity index is 2.62. The molecular formula is C12H13FN2O3. The third-order valence-electron chi connectivity index (χ3n) is 2.35. The molecule has 0 heterocycles. The average molecular weight is 252 g/mol. The molecule has 5 nitrogen and oxygen atoms in total. The monoisotopic (exact) mass is 252 g/mol. The standard InChI is InChI=1S/C12H13FN2O3/c1-18-9(5-12(16)17)7-15-11-3-2-8(6-14)4-10(11)13/h2-4,9,15H,5,7H2,1H3,(H,16,17). The number of nitrogens with zero attached hydrogens (tertiary/aromatic N) is 1. The molecule has 0 bridgehead atoms. The number of carbonyl (C=O) groups is 1. The molecule has 0 aliphatic rings. The van der Waals surface area contributed by atoms with Gasteiger partial charge in [0.05, 0.1) is 29.8 Å². The Morgan fingerprint density at radius 1 is 1.67 bits per heavy atom. The molecule has 18 heavy (non-hydrogen) atoms. The third-order valence-corrected chi connectivity index (χ3v) is 2.35. The molecule has 0 aliphatic carbocycles. The molecule has 6 heteroatoms. The predicted octanol–water partition coefficient (Wildman–Crippen LogP) is 1.60. The minimum atomic E-state index is -0.982. The van der Waals surface area contributed by atoms with Gasteiger partial charge in [-0.05, 0) is 18.2 Å². The summed E-state index contributed by atoms with van der Waals surface area (Å²) in [6, 6.07) is 5.85. The summed E-state index contributed by atoms with van der Waals surface area (Å²) in [7, 11) is 1.39. The molecule has 2 N–H and O–H groups in total. The van der Waals surface area contributed by atoms with Gasteiger partial charge in [-0.3, -0.25) is 4.79 Å². The second-order valence-corrected chi connectivity index (χ2v) is 3.64. The summed E-state index contributed by atoms with van der Waals surface area (Å²) < 4.78 is 18.4. The van der Waals surface area contributed by atoms with Gasteiger partial charge in [-0.2, -0.15) is 5.26 Å². The highest BCUT2D eigenvalue weighted by Gasteiger charge is 2.13. The molecule has 1 rings (SSSR count). The van der Waals surface area contributed by atoms with Crippen LogP contribution in [0.1, 0.15) is 12.0 Å². The lowest BCUT2D eigenvalue weighted by atomic mass is 10.2. The van der Waals surface area contributed by atoms with Crippen molar-refractivity contribution in [2.45, 2.75) is 12.5 Å². The second kappa shape index (κ2) is 6.57. The van der Waals surface area contributed by atoms with Crippen LogP contribution in [0.25, 0.3) is 0 Å². The van der Waals surface area contributed by atoms with E-state index in [1.807, 2.05) is 6.07 Å². The van der Waals surface area contributed by atoms with Crippen LogP contribution < -0.4 is 5.32 Å². The van der Waals surface area contributed by atoms with Gasteiger partial charge >= 0.3 is 5.97 Å². The SMILES string of the molecule is COC(CNc1ccc(C#N)cc1F)CC(=O)O. The number of hydrogen-bond donors (Lipinski definition) is 2. The van der Waals surface area contributed by atoms with E-state index in [4.69, 9.17) is 15.1 Å². The molecule has 1 atom stereocenters. The number of benzene rings is 1. The number of hydrogen-bond acceptors (Lipinski definition) is 4. The summed E-state index contributed by atoms with van der Waals surface area (Å²) in [5, 5.41) is 20.0. The quantitative estimate of drug-likeness (QED) is 0.803. The fraction of sp³-hybridized carbons (Fsp3) is 0.333. The van der Waals surface area contributed by atoms with Crippen molar-refractivity contribution in [2.75, 3.05) is 19.0 Å². The van der Waals surface area contributed by atoms with Crippen LogP contribution in [0.5, 0.6) is 0 Å². The van der Waals surface area contributed by atoms with Crippen LogP contribution in [0.3, 0.4) is 0 Å². The Labute approximate surface area is 104 Å². The number of ether oxygens (including phenoxy) is 1. The first-order valence-corrected chi connectivity index (χ1v) is 5.25. The number of halogens is 1. The highest BCUT2D eigenvalue weighted by atomic mass is 19.1. The van der Waals surface area contributed by atoms with Crippen molar-refractivity contribution in [3.8, 4) is 6.07 Å². The molecule has 0 saturated carbocycles. The Bertz CT molecular complexity index is 471. The van der Waals surface area contributed by atoms with E-state index in [-0.39, 0.29) is 24.2 Å². The average Bonchev–Trinajstić information content (AvgIpc) is 2.35. The topological polar surface area (TPSA) is 82.3 Å². The van der Waals surface area contributed by atoms with Crippen LogP contribution in [0, 0.1) is 17.1 Å². The van der Waals surface area contributed by atoms with Gasteiger partial charge in [-0.25, -0.2) is 4.39 Å². The molecule has 0 saturated heterocycles. The maximum atomic E-state index is 13.5. The number of carboxylic acids is 1. The second-order valence-electron chi connectivity index (χ2n) is 3.64. The summed E-state index contributed by atoms with van der Waals surface area (Å²) in [5.74, 6) is -1.54. The summed E-state index contributed by atoms with van der Waals surface area (Å²) in [4.78, 5) is 10.5. The molecule has 1 unspecified atom stereocenters. The van der Waals surface area contributed by atoms with Crippen LogP contribution in [-0.4, -0.2) is 30.8 Å². The first-order valence-electron chi connectivity index (χ1n) is 5.25. The highest BCUT2D eigenvalue weighted by Crippen LogP contribution is 2.15. The number of aliphatic carboxylic acids is 1. The predicted molar refractivity (Wildman–Crippen MR) is 62.7 cm³/mol. The fourth-order valence-corrected chi connectivity index (χ4v) is 1.39. The van der Waals surface area contributed by atoms with E-state index in [0.29, 0.717) is 0 Å².